The van der Waals surface area contributed by atoms with Crippen LogP contribution < -0.4 is 29.6 Å². The molecule has 35 heavy (non-hydrogen) atoms. The Morgan fingerprint density at radius 3 is 0.771 bits per heavy atom. The van der Waals surface area contributed by atoms with E-state index in [9.17, 15) is 43.9 Å². The SMILES string of the molecule is Fc1c(F)c(F)c([C-](c2c(F)c(F)c(F)c(F)c2F)c2c(Cl)c(Cl)c(Cl)c(Cl)c2Cl)c(F)c1F.[Na+]. The average molecular weight is 618 g/mol. The molecule has 0 atom stereocenters. The maximum atomic E-state index is 14.7. The fourth-order valence-electron chi connectivity index (χ4n) is 2.85. The molecule has 0 N–H and O–H groups in total. The van der Waals surface area contributed by atoms with Crippen LogP contribution in [0.2, 0.25) is 25.1 Å². The van der Waals surface area contributed by atoms with Gasteiger partial charge in [-0.15, -0.1) is 23.2 Å². The Balaban J connectivity index is 0.00000432. The molecule has 0 fully saturated rings. The number of rotatable bonds is 3. The van der Waals surface area contributed by atoms with Gasteiger partial charge < -0.3 is 0 Å². The molecule has 0 bridgehead atoms. The minimum Gasteiger partial charge on any atom is -0.236 e. The van der Waals surface area contributed by atoms with Crippen LogP contribution in [0.5, 0.6) is 0 Å². The topological polar surface area (TPSA) is 0 Å². The van der Waals surface area contributed by atoms with Crippen molar-refractivity contribution in [1.82, 2.24) is 0 Å². The number of benzene rings is 3. The maximum absolute atomic E-state index is 14.7. The van der Waals surface area contributed by atoms with Crippen LogP contribution in [0, 0.1) is 64.1 Å². The molecule has 0 amide bonds. The molecule has 0 saturated heterocycles. The number of halogens is 15. The Kier molecular flexibility index (Phi) is 9.54. The molecule has 0 aliphatic rings. The zero-order chi connectivity index (χ0) is 26.0. The molecular weight excluding hydrogens is 618 g/mol. The van der Waals surface area contributed by atoms with E-state index in [-0.39, 0.29) is 29.6 Å². The van der Waals surface area contributed by atoms with Gasteiger partial charge in [0.05, 0.1) is 15.1 Å². The minimum absolute atomic E-state index is 0. The van der Waals surface area contributed by atoms with Crippen LogP contribution in [0.4, 0.5) is 43.9 Å². The number of hydrogen-bond acceptors (Lipinski definition) is 0. The molecule has 16 heteroatoms. The summed E-state index contributed by atoms with van der Waals surface area (Å²) in [5.74, 6) is -28.7. The molecule has 3 aromatic rings. The van der Waals surface area contributed by atoms with Crippen LogP contribution >= 0.6 is 58.0 Å². The molecule has 0 aromatic heterocycles. The normalized spacial score (nSPS) is 11.1. The summed E-state index contributed by atoms with van der Waals surface area (Å²) < 4.78 is 142. The summed E-state index contributed by atoms with van der Waals surface area (Å²) in [6.07, 6.45) is 0. The smallest absolute Gasteiger partial charge is 0.236 e. The zero-order valence-corrected chi connectivity index (χ0v) is 21.9. The molecule has 0 unspecified atom stereocenters. The predicted molar refractivity (Wildman–Crippen MR) is 105 cm³/mol. The zero-order valence-electron chi connectivity index (χ0n) is 16.2. The van der Waals surface area contributed by atoms with E-state index in [0.29, 0.717) is 0 Å². The van der Waals surface area contributed by atoms with Gasteiger partial charge in [0.1, 0.15) is 23.3 Å². The fraction of sp³-hybridized carbons (Fsp3) is 0. The summed E-state index contributed by atoms with van der Waals surface area (Å²) in [5.41, 5.74) is -5.56. The van der Waals surface area contributed by atoms with Crippen molar-refractivity contribution in [2.24, 2.45) is 0 Å². The molecule has 0 nitrogen and oxygen atoms in total. The molecule has 0 aliphatic carbocycles. The van der Waals surface area contributed by atoms with Gasteiger partial charge in [0.2, 0.25) is 0 Å². The Labute approximate surface area is 235 Å². The second-order valence-electron chi connectivity index (χ2n) is 6.21. The maximum Gasteiger partial charge on any atom is 1.00 e. The average Bonchev–Trinajstić information content (AvgIpc) is 2.81. The van der Waals surface area contributed by atoms with E-state index in [1.54, 1.807) is 0 Å². The number of hydrogen-bond donors (Lipinski definition) is 0. The van der Waals surface area contributed by atoms with Gasteiger partial charge in [-0.2, -0.15) is 0 Å². The van der Waals surface area contributed by atoms with Crippen LogP contribution in [-0.4, -0.2) is 0 Å². The van der Waals surface area contributed by atoms with E-state index >= 15 is 0 Å². The molecule has 0 aliphatic heterocycles. The van der Waals surface area contributed by atoms with E-state index in [1.165, 1.54) is 0 Å². The van der Waals surface area contributed by atoms with Gasteiger partial charge in [-0.1, -0.05) is 40.7 Å². The molecule has 182 valence electrons. The summed E-state index contributed by atoms with van der Waals surface area (Å²) in [5, 5.41) is -4.32. The van der Waals surface area contributed by atoms with Crippen LogP contribution in [0.15, 0.2) is 0 Å². The van der Waals surface area contributed by atoms with E-state index in [1.807, 2.05) is 0 Å². The first-order valence-corrected chi connectivity index (χ1v) is 9.97. The molecule has 0 radical (unpaired) electrons. The second kappa shape index (κ2) is 10.9. The van der Waals surface area contributed by atoms with Gasteiger partial charge in [0.25, 0.3) is 0 Å². The largest absolute Gasteiger partial charge is 1.00 e. The van der Waals surface area contributed by atoms with Crippen molar-refractivity contribution >= 4 is 58.0 Å². The fourth-order valence-corrected chi connectivity index (χ4v) is 4.18. The predicted octanol–water partition coefficient (Wildman–Crippen LogP) is 6.37. The monoisotopic (exact) mass is 616 g/mol. The summed E-state index contributed by atoms with van der Waals surface area (Å²) in [6, 6.07) is 0. The standard InChI is InChI=1S/C19Cl5F10.Na/c20-5-2(6(21)8(23)9(24)7(5)22)1(3-10(25)14(29)18(33)15(30)11(3)26)4-12(27)16(31)19(34)17(32)13(4)28;/q-1;+1. The van der Waals surface area contributed by atoms with E-state index in [0.717, 1.165) is 0 Å². The van der Waals surface area contributed by atoms with Crippen LogP contribution in [0.25, 0.3) is 0 Å². The van der Waals surface area contributed by atoms with Crippen molar-refractivity contribution in [2.45, 2.75) is 0 Å². The first-order valence-electron chi connectivity index (χ1n) is 8.08. The van der Waals surface area contributed by atoms with Gasteiger partial charge in [-0.3, -0.25) is 0 Å². The van der Waals surface area contributed by atoms with Crippen LogP contribution in [0.1, 0.15) is 16.7 Å². The van der Waals surface area contributed by atoms with Gasteiger partial charge >= 0.3 is 29.6 Å². The van der Waals surface area contributed by atoms with Gasteiger partial charge in [-0.25, -0.2) is 43.9 Å². The van der Waals surface area contributed by atoms with Crippen molar-refractivity contribution in [2.75, 3.05) is 0 Å². The first-order chi connectivity index (χ1) is 15.7. The molecule has 0 heterocycles. The van der Waals surface area contributed by atoms with Crippen molar-refractivity contribution < 1.29 is 73.5 Å². The van der Waals surface area contributed by atoms with Crippen molar-refractivity contribution in [3.05, 3.63) is 106 Å². The Morgan fingerprint density at radius 1 is 0.314 bits per heavy atom. The van der Waals surface area contributed by atoms with Crippen molar-refractivity contribution in [3.8, 4) is 0 Å². The quantitative estimate of drug-likeness (QED) is 0.0800. The van der Waals surface area contributed by atoms with Crippen molar-refractivity contribution in [3.63, 3.8) is 0 Å². The summed E-state index contributed by atoms with van der Waals surface area (Å²) in [6.45, 7) is 0. The van der Waals surface area contributed by atoms with Crippen molar-refractivity contribution in [1.29, 1.82) is 0 Å². The Hall–Kier alpha value is -0.720. The summed E-state index contributed by atoms with van der Waals surface area (Å²) in [7, 11) is 0. The van der Waals surface area contributed by atoms with Gasteiger partial charge in [0.15, 0.2) is 34.9 Å². The third kappa shape index (κ3) is 4.69. The Bertz CT molecular complexity index is 1130. The molecule has 0 spiro atoms. The molecular formula is C19Cl5F10Na. The van der Waals surface area contributed by atoms with Gasteiger partial charge in [0, 0.05) is 10.0 Å². The summed E-state index contributed by atoms with van der Waals surface area (Å²) >= 11 is 29.2. The van der Waals surface area contributed by atoms with Gasteiger partial charge in [-0.05, 0) is 16.7 Å². The second-order valence-corrected chi connectivity index (χ2v) is 8.10. The molecule has 0 saturated carbocycles. The Morgan fingerprint density at radius 2 is 0.514 bits per heavy atom. The third-order valence-corrected chi connectivity index (χ3v) is 6.66. The minimum atomic E-state index is -2.71. The van der Waals surface area contributed by atoms with E-state index in [2.05, 4.69) is 0 Å². The molecule has 3 aromatic carbocycles. The van der Waals surface area contributed by atoms with Crippen LogP contribution in [-0.2, 0) is 0 Å². The van der Waals surface area contributed by atoms with E-state index in [4.69, 9.17) is 58.0 Å². The molecule has 3 rings (SSSR count). The summed E-state index contributed by atoms with van der Waals surface area (Å²) in [4.78, 5) is 0. The van der Waals surface area contributed by atoms with Crippen LogP contribution in [0.3, 0.4) is 0 Å². The van der Waals surface area contributed by atoms with E-state index < -0.39 is 106 Å². The first kappa shape index (κ1) is 30.5. The third-order valence-electron chi connectivity index (χ3n) is 4.38.